The molecule has 0 saturated heterocycles. The minimum absolute atomic E-state index is 0.145. The molecule has 0 fully saturated rings. The lowest BCUT2D eigenvalue weighted by Gasteiger charge is -2.11. The number of amides is 1. The van der Waals surface area contributed by atoms with Gasteiger partial charge in [-0.2, -0.15) is 0 Å². The number of carbonyl (C=O) groups excluding carboxylic acids is 2. The average molecular weight is 435 g/mol. The minimum Gasteiger partial charge on any atom is -0.493 e. The highest BCUT2D eigenvalue weighted by Crippen LogP contribution is 2.16. The first-order valence-electron chi connectivity index (χ1n) is 9.62. The fourth-order valence-corrected chi connectivity index (χ4v) is 3.02. The number of hydrogen-bond acceptors (Lipinski definition) is 5. The van der Waals surface area contributed by atoms with Crippen molar-refractivity contribution in [2.75, 3.05) is 19.0 Å². The molecule has 0 aromatic heterocycles. The zero-order chi connectivity index (χ0) is 22.1. The third-order valence-corrected chi connectivity index (χ3v) is 4.59. The fraction of sp³-hybridized carbons (Fsp3) is 0.125. The summed E-state index contributed by atoms with van der Waals surface area (Å²) in [7, 11) is 1.29. The molecule has 0 aliphatic heterocycles. The predicted molar refractivity (Wildman–Crippen MR) is 124 cm³/mol. The number of thiocarbonyl (C=S) groups is 1. The maximum atomic E-state index is 12.4. The van der Waals surface area contributed by atoms with E-state index in [2.05, 4.69) is 27.5 Å². The van der Waals surface area contributed by atoms with E-state index in [4.69, 9.17) is 17.0 Å². The van der Waals surface area contributed by atoms with Gasteiger partial charge in [0.15, 0.2) is 5.11 Å². The first-order chi connectivity index (χ1) is 15.0. The molecule has 3 aromatic rings. The lowest BCUT2D eigenvalue weighted by atomic mass is 10.1. The Morgan fingerprint density at radius 1 is 0.903 bits per heavy atom. The van der Waals surface area contributed by atoms with Crippen LogP contribution < -0.4 is 15.4 Å². The molecule has 0 bridgehead atoms. The standard InChI is InChI=1S/C24H22N2O4S/c1-29-23(28)19-9-5-8-18(16-19)22(27)26-24(31)25-20-10-12-21(13-11-20)30-15-14-17-6-3-2-4-7-17/h2-13,16H,14-15H2,1H3,(H2,25,26,27,31). The quantitative estimate of drug-likeness (QED) is 0.428. The summed E-state index contributed by atoms with van der Waals surface area (Å²) in [6.07, 6.45) is 0.828. The van der Waals surface area contributed by atoms with E-state index in [0.29, 0.717) is 17.9 Å². The predicted octanol–water partition coefficient (Wildman–Crippen LogP) is 4.22. The number of benzene rings is 3. The SMILES string of the molecule is COC(=O)c1cccc(C(=O)NC(=S)Nc2ccc(OCCc3ccccc3)cc2)c1. The number of rotatable bonds is 7. The molecule has 0 heterocycles. The van der Waals surface area contributed by atoms with Crippen molar-refractivity contribution in [2.45, 2.75) is 6.42 Å². The van der Waals surface area contributed by atoms with E-state index in [1.807, 2.05) is 42.5 Å². The van der Waals surface area contributed by atoms with Gasteiger partial charge in [-0.1, -0.05) is 36.4 Å². The Morgan fingerprint density at radius 2 is 1.61 bits per heavy atom. The van der Waals surface area contributed by atoms with Crippen molar-refractivity contribution in [1.29, 1.82) is 0 Å². The lowest BCUT2D eigenvalue weighted by Crippen LogP contribution is -2.34. The van der Waals surface area contributed by atoms with Crippen LogP contribution in [0.25, 0.3) is 0 Å². The monoisotopic (exact) mass is 434 g/mol. The summed E-state index contributed by atoms with van der Waals surface area (Å²) in [5, 5.41) is 5.69. The van der Waals surface area contributed by atoms with Gasteiger partial charge >= 0.3 is 5.97 Å². The zero-order valence-corrected chi connectivity index (χ0v) is 17.8. The Bertz CT molecular complexity index is 1050. The topological polar surface area (TPSA) is 76.7 Å². The van der Waals surface area contributed by atoms with E-state index in [9.17, 15) is 9.59 Å². The van der Waals surface area contributed by atoms with Gasteiger partial charge in [-0.05, 0) is 60.2 Å². The largest absolute Gasteiger partial charge is 0.493 e. The van der Waals surface area contributed by atoms with Crippen molar-refractivity contribution >= 4 is 34.9 Å². The van der Waals surface area contributed by atoms with E-state index >= 15 is 0 Å². The van der Waals surface area contributed by atoms with Crippen molar-refractivity contribution in [2.24, 2.45) is 0 Å². The van der Waals surface area contributed by atoms with Crippen molar-refractivity contribution in [3.05, 3.63) is 95.6 Å². The molecule has 1 amide bonds. The number of hydrogen-bond donors (Lipinski definition) is 2. The van der Waals surface area contributed by atoms with Crippen LogP contribution in [0.2, 0.25) is 0 Å². The van der Waals surface area contributed by atoms with Gasteiger partial charge in [-0.15, -0.1) is 0 Å². The first kappa shape index (κ1) is 22.0. The van der Waals surface area contributed by atoms with Crippen LogP contribution in [0.15, 0.2) is 78.9 Å². The Kier molecular flexibility index (Phi) is 7.73. The summed E-state index contributed by atoms with van der Waals surface area (Å²) >= 11 is 5.21. The highest BCUT2D eigenvalue weighted by Gasteiger charge is 2.12. The van der Waals surface area contributed by atoms with Crippen LogP contribution in [0.4, 0.5) is 5.69 Å². The van der Waals surface area contributed by atoms with Gasteiger partial charge in [-0.3, -0.25) is 10.1 Å². The summed E-state index contributed by atoms with van der Waals surface area (Å²) in [5.74, 6) is -0.193. The van der Waals surface area contributed by atoms with Gasteiger partial charge < -0.3 is 14.8 Å². The molecule has 0 saturated carbocycles. The summed E-state index contributed by atoms with van der Waals surface area (Å²) in [6.45, 7) is 0.579. The summed E-state index contributed by atoms with van der Waals surface area (Å²) in [4.78, 5) is 24.0. The molecule has 7 heteroatoms. The van der Waals surface area contributed by atoms with E-state index in [0.717, 1.165) is 12.2 Å². The molecular formula is C24H22N2O4S. The van der Waals surface area contributed by atoms with E-state index < -0.39 is 11.9 Å². The number of methoxy groups -OCH3 is 1. The normalized spacial score (nSPS) is 10.1. The Balaban J connectivity index is 1.49. The van der Waals surface area contributed by atoms with Gasteiger partial charge in [0.05, 0.1) is 19.3 Å². The molecule has 3 rings (SSSR count). The molecule has 0 spiro atoms. The van der Waals surface area contributed by atoms with Crippen LogP contribution >= 0.6 is 12.2 Å². The van der Waals surface area contributed by atoms with Gasteiger partial charge in [-0.25, -0.2) is 4.79 Å². The molecule has 0 aliphatic carbocycles. The molecule has 158 valence electrons. The molecular weight excluding hydrogens is 412 g/mol. The minimum atomic E-state index is -0.513. The molecule has 31 heavy (non-hydrogen) atoms. The Labute approximate surface area is 186 Å². The van der Waals surface area contributed by atoms with Crippen LogP contribution in [-0.2, 0) is 11.2 Å². The first-order valence-corrected chi connectivity index (χ1v) is 10.0. The average Bonchev–Trinajstić information content (AvgIpc) is 2.80. The van der Waals surface area contributed by atoms with Crippen LogP contribution in [-0.4, -0.2) is 30.7 Å². The second kappa shape index (κ2) is 10.9. The zero-order valence-electron chi connectivity index (χ0n) is 17.0. The van der Waals surface area contributed by atoms with Crippen molar-refractivity contribution in [3.8, 4) is 5.75 Å². The number of ether oxygens (including phenoxy) is 2. The highest BCUT2D eigenvalue weighted by molar-refractivity contribution is 7.80. The van der Waals surface area contributed by atoms with Crippen LogP contribution in [0, 0.1) is 0 Å². The van der Waals surface area contributed by atoms with Crippen LogP contribution in [0.1, 0.15) is 26.3 Å². The summed E-state index contributed by atoms with van der Waals surface area (Å²) in [6, 6.07) is 23.6. The number of anilines is 1. The number of carbonyl (C=O) groups is 2. The second-order valence-electron chi connectivity index (χ2n) is 6.59. The third kappa shape index (κ3) is 6.65. The number of esters is 1. The van der Waals surface area contributed by atoms with Crippen molar-refractivity contribution in [3.63, 3.8) is 0 Å². The maximum Gasteiger partial charge on any atom is 0.337 e. The molecule has 3 aromatic carbocycles. The van der Waals surface area contributed by atoms with Gasteiger partial charge in [0.25, 0.3) is 5.91 Å². The van der Waals surface area contributed by atoms with Gasteiger partial charge in [0.2, 0.25) is 0 Å². The van der Waals surface area contributed by atoms with E-state index in [1.165, 1.54) is 18.7 Å². The van der Waals surface area contributed by atoms with Crippen LogP contribution in [0.5, 0.6) is 5.75 Å². The highest BCUT2D eigenvalue weighted by atomic mass is 32.1. The molecule has 0 aliphatic rings. The van der Waals surface area contributed by atoms with E-state index in [-0.39, 0.29) is 10.7 Å². The maximum absolute atomic E-state index is 12.4. The van der Waals surface area contributed by atoms with E-state index in [1.54, 1.807) is 18.2 Å². The second-order valence-corrected chi connectivity index (χ2v) is 7.00. The third-order valence-electron chi connectivity index (χ3n) is 4.39. The molecule has 2 N–H and O–H groups in total. The van der Waals surface area contributed by atoms with Gasteiger partial charge in [0, 0.05) is 17.7 Å². The Hall–Kier alpha value is -3.71. The molecule has 6 nitrogen and oxygen atoms in total. The van der Waals surface area contributed by atoms with Gasteiger partial charge in [0.1, 0.15) is 5.75 Å². The molecule has 0 radical (unpaired) electrons. The van der Waals surface area contributed by atoms with Crippen LogP contribution in [0.3, 0.4) is 0 Å². The number of nitrogens with one attached hydrogen (secondary N) is 2. The van der Waals surface area contributed by atoms with Crippen molar-refractivity contribution < 1.29 is 19.1 Å². The summed E-state index contributed by atoms with van der Waals surface area (Å²) < 4.78 is 10.4. The summed E-state index contributed by atoms with van der Waals surface area (Å²) in [5.41, 5.74) is 2.52. The smallest absolute Gasteiger partial charge is 0.337 e. The fourth-order valence-electron chi connectivity index (χ4n) is 2.81. The Morgan fingerprint density at radius 3 is 2.32 bits per heavy atom. The van der Waals surface area contributed by atoms with Crippen molar-refractivity contribution in [1.82, 2.24) is 5.32 Å². The molecule has 0 atom stereocenters. The lowest BCUT2D eigenvalue weighted by molar-refractivity contribution is 0.0600. The molecule has 0 unspecified atom stereocenters.